The third-order valence-corrected chi connectivity index (χ3v) is 3.94. The molecule has 0 fully saturated rings. The number of nitrogens with zero attached hydrogens (tertiary/aromatic N) is 2. The predicted molar refractivity (Wildman–Crippen MR) is 78.8 cm³/mol. The number of pyridine rings is 1. The molecule has 0 bridgehead atoms. The second-order valence-electron chi connectivity index (χ2n) is 4.25. The number of hydrogen-bond donors (Lipinski definition) is 2. The Bertz CT molecular complexity index is 719. The van der Waals surface area contributed by atoms with Gasteiger partial charge < -0.3 is 5.32 Å². The average molecular weight is 284 g/mol. The monoisotopic (exact) mass is 284 g/mol. The number of carbonyl (C=O) groups excluding carboxylic acids is 1. The van der Waals surface area contributed by atoms with Gasteiger partial charge in [0.1, 0.15) is 0 Å². The zero-order valence-corrected chi connectivity index (χ0v) is 11.6. The first-order valence-corrected chi connectivity index (χ1v) is 6.87. The molecule has 0 aliphatic carbocycles. The van der Waals surface area contributed by atoms with E-state index in [9.17, 15) is 4.79 Å². The van der Waals surface area contributed by atoms with E-state index in [1.807, 2.05) is 19.1 Å². The zero-order chi connectivity index (χ0) is 13.9. The highest BCUT2D eigenvalue weighted by Gasteiger charge is 2.12. The number of aryl methyl sites for hydroxylation is 1. The van der Waals surface area contributed by atoms with E-state index in [4.69, 9.17) is 0 Å². The molecule has 0 spiro atoms. The van der Waals surface area contributed by atoms with Crippen LogP contribution in [0.15, 0.2) is 42.9 Å². The number of amides is 1. The molecule has 3 aromatic heterocycles. The minimum Gasteiger partial charge on any atom is -0.321 e. The van der Waals surface area contributed by atoms with E-state index in [0.29, 0.717) is 5.56 Å². The van der Waals surface area contributed by atoms with E-state index in [2.05, 4.69) is 20.5 Å². The van der Waals surface area contributed by atoms with Crippen molar-refractivity contribution in [1.82, 2.24) is 15.2 Å². The van der Waals surface area contributed by atoms with Gasteiger partial charge in [0, 0.05) is 23.5 Å². The smallest absolute Gasteiger partial charge is 0.257 e. The molecule has 2 N–H and O–H groups in total. The Morgan fingerprint density at radius 3 is 2.95 bits per heavy atom. The lowest BCUT2D eigenvalue weighted by Gasteiger charge is -2.03. The Morgan fingerprint density at radius 1 is 1.35 bits per heavy atom. The number of H-pyrrole nitrogens is 1. The van der Waals surface area contributed by atoms with Gasteiger partial charge in [-0.2, -0.15) is 5.10 Å². The molecule has 0 saturated heterocycles. The average Bonchev–Trinajstić information content (AvgIpc) is 3.10. The van der Waals surface area contributed by atoms with Gasteiger partial charge in [-0.1, -0.05) is 0 Å². The minimum absolute atomic E-state index is 0.157. The summed E-state index contributed by atoms with van der Waals surface area (Å²) in [5.41, 5.74) is 2.30. The summed E-state index contributed by atoms with van der Waals surface area (Å²) in [5, 5.41) is 9.75. The molecule has 3 aromatic rings. The third-order valence-electron chi connectivity index (χ3n) is 2.86. The van der Waals surface area contributed by atoms with Gasteiger partial charge in [0.25, 0.3) is 5.91 Å². The molecule has 0 aliphatic rings. The maximum absolute atomic E-state index is 12.1. The fourth-order valence-electron chi connectivity index (χ4n) is 1.82. The van der Waals surface area contributed by atoms with E-state index >= 15 is 0 Å². The number of nitrogens with one attached hydrogen (secondary N) is 2. The van der Waals surface area contributed by atoms with Crippen LogP contribution in [0, 0.1) is 6.92 Å². The second kappa shape index (κ2) is 5.26. The lowest BCUT2D eigenvalue weighted by atomic mass is 10.2. The van der Waals surface area contributed by atoms with Crippen molar-refractivity contribution in [3.05, 3.63) is 53.3 Å². The number of rotatable bonds is 3. The van der Waals surface area contributed by atoms with Crippen LogP contribution in [0.1, 0.15) is 15.2 Å². The van der Waals surface area contributed by atoms with Gasteiger partial charge in [-0.05, 0) is 31.2 Å². The number of aromatic amines is 1. The van der Waals surface area contributed by atoms with Crippen LogP contribution in [0.5, 0.6) is 0 Å². The van der Waals surface area contributed by atoms with Crippen LogP contribution < -0.4 is 5.32 Å². The molecular weight excluding hydrogens is 272 g/mol. The Balaban J connectivity index is 1.83. The number of hydrogen-bond acceptors (Lipinski definition) is 4. The molecule has 0 unspecified atom stereocenters. The van der Waals surface area contributed by atoms with Crippen LogP contribution in [0.2, 0.25) is 0 Å². The summed E-state index contributed by atoms with van der Waals surface area (Å²) in [4.78, 5) is 18.1. The second-order valence-corrected chi connectivity index (χ2v) is 5.50. The number of anilines is 1. The van der Waals surface area contributed by atoms with Crippen LogP contribution in [-0.2, 0) is 0 Å². The molecule has 0 aliphatic heterocycles. The molecule has 5 nitrogen and oxygen atoms in total. The molecule has 0 radical (unpaired) electrons. The molecule has 0 saturated carbocycles. The van der Waals surface area contributed by atoms with Gasteiger partial charge in [0.2, 0.25) is 0 Å². The van der Waals surface area contributed by atoms with E-state index < -0.39 is 0 Å². The van der Waals surface area contributed by atoms with Crippen molar-refractivity contribution in [1.29, 1.82) is 0 Å². The summed E-state index contributed by atoms with van der Waals surface area (Å²) < 4.78 is 0. The highest BCUT2D eigenvalue weighted by atomic mass is 32.1. The Morgan fingerprint density at radius 2 is 2.25 bits per heavy atom. The Kier molecular flexibility index (Phi) is 3.30. The van der Waals surface area contributed by atoms with E-state index in [1.165, 1.54) is 0 Å². The van der Waals surface area contributed by atoms with Crippen LogP contribution in [0.4, 0.5) is 5.69 Å². The summed E-state index contributed by atoms with van der Waals surface area (Å²) in [5.74, 6) is -0.157. The van der Waals surface area contributed by atoms with Crippen molar-refractivity contribution in [2.45, 2.75) is 6.92 Å². The molecule has 3 heterocycles. The molecule has 0 aromatic carbocycles. The highest BCUT2D eigenvalue weighted by Crippen LogP contribution is 2.33. The van der Waals surface area contributed by atoms with Crippen molar-refractivity contribution in [2.24, 2.45) is 0 Å². The van der Waals surface area contributed by atoms with Gasteiger partial charge >= 0.3 is 0 Å². The number of thiophene rings is 1. The summed E-state index contributed by atoms with van der Waals surface area (Å²) >= 11 is 1.61. The molecule has 0 atom stereocenters. The molecule has 3 rings (SSSR count). The van der Waals surface area contributed by atoms with Crippen LogP contribution in [0.25, 0.3) is 10.6 Å². The molecular formula is C14H12N4OS. The predicted octanol–water partition coefficient (Wildman–Crippen LogP) is 3.09. The first-order chi connectivity index (χ1) is 9.74. The maximum Gasteiger partial charge on any atom is 0.257 e. The largest absolute Gasteiger partial charge is 0.321 e. The molecule has 1 amide bonds. The standard InChI is InChI=1S/C14H12N4OS/c1-9-12(7-13(20-9)11-4-6-16-18-11)17-14(19)10-3-2-5-15-8-10/h2-8H,1H3,(H,16,18)(H,17,19). The zero-order valence-electron chi connectivity index (χ0n) is 10.8. The summed E-state index contributed by atoms with van der Waals surface area (Å²) in [6.07, 6.45) is 4.90. The van der Waals surface area contributed by atoms with E-state index in [0.717, 1.165) is 21.1 Å². The van der Waals surface area contributed by atoms with Crippen molar-refractivity contribution in [2.75, 3.05) is 5.32 Å². The molecule has 6 heteroatoms. The van der Waals surface area contributed by atoms with Crippen LogP contribution in [0.3, 0.4) is 0 Å². The van der Waals surface area contributed by atoms with E-state index in [-0.39, 0.29) is 5.91 Å². The van der Waals surface area contributed by atoms with Crippen LogP contribution >= 0.6 is 11.3 Å². The number of aromatic nitrogens is 3. The van der Waals surface area contributed by atoms with Gasteiger partial charge in [-0.25, -0.2) is 0 Å². The van der Waals surface area contributed by atoms with Crippen molar-refractivity contribution in [3.63, 3.8) is 0 Å². The van der Waals surface area contributed by atoms with Gasteiger partial charge in [0.05, 0.1) is 21.8 Å². The summed E-state index contributed by atoms with van der Waals surface area (Å²) in [6.45, 7) is 1.98. The van der Waals surface area contributed by atoms with E-state index in [1.54, 1.807) is 42.1 Å². The van der Waals surface area contributed by atoms with Gasteiger partial charge in [0.15, 0.2) is 0 Å². The number of carbonyl (C=O) groups is 1. The SMILES string of the molecule is Cc1sc(-c2ccn[nH]2)cc1NC(=O)c1cccnc1. The van der Waals surface area contributed by atoms with Crippen molar-refractivity contribution in [3.8, 4) is 10.6 Å². The topological polar surface area (TPSA) is 70.7 Å². The van der Waals surface area contributed by atoms with Crippen molar-refractivity contribution < 1.29 is 4.79 Å². The molecule has 100 valence electrons. The fourth-order valence-corrected chi connectivity index (χ4v) is 2.77. The van der Waals surface area contributed by atoms with Gasteiger partial charge in [-0.3, -0.25) is 14.9 Å². The normalized spacial score (nSPS) is 10.4. The first-order valence-electron chi connectivity index (χ1n) is 6.05. The van der Waals surface area contributed by atoms with Crippen LogP contribution in [-0.4, -0.2) is 21.1 Å². The fraction of sp³-hybridized carbons (Fsp3) is 0.0714. The first kappa shape index (κ1) is 12.6. The highest BCUT2D eigenvalue weighted by molar-refractivity contribution is 7.16. The third kappa shape index (κ3) is 2.46. The summed E-state index contributed by atoms with van der Waals surface area (Å²) in [7, 11) is 0. The Hall–Kier alpha value is -2.47. The maximum atomic E-state index is 12.1. The van der Waals surface area contributed by atoms with Crippen molar-refractivity contribution >= 4 is 22.9 Å². The molecule has 20 heavy (non-hydrogen) atoms. The minimum atomic E-state index is -0.157. The lowest BCUT2D eigenvalue weighted by molar-refractivity contribution is 0.102. The lowest BCUT2D eigenvalue weighted by Crippen LogP contribution is -2.11. The quantitative estimate of drug-likeness (QED) is 0.776. The summed E-state index contributed by atoms with van der Waals surface area (Å²) in [6, 6.07) is 7.32. The van der Waals surface area contributed by atoms with Gasteiger partial charge in [-0.15, -0.1) is 11.3 Å². The Labute approximate surface area is 119 Å².